The highest BCUT2D eigenvalue weighted by molar-refractivity contribution is 9.09. The first-order valence-electron chi connectivity index (χ1n) is 5.88. The Labute approximate surface area is 112 Å². The van der Waals surface area contributed by atoms with Crippen LogP contribution < -0.4 is 0 Å². The van der Waals surface area contributed by atoms with Crippen LogP contribution in [-0.2, 0) is 4.79 Å². The van der Waals surface area contributed by atoms with Gasteiger partial charge >= 0.3 is 0 Å². The van der Waals surface area contributed by atoms with Gasteiger partial charge in [-0.25, -0.2) is 0 Å². The lowest BCUT2D eigenvalue weighted by molar-refractivity contribution is -0.116. The van der Waals surface area contributed by atoms with Crippen LogP contribution in [0.2, 0.25) is 0 Å². The van der Waals surface area contributed by atoms with Crippen molar-refractivity contribution in [1.82, 2.24) is 0 Å². The Balaban J connectivity index is 3.12. The third-order valence-corrected chi connectivity index (χ3v) is 3.54. The van der Waals surface area contributed by atoms with E-state index in [4.69, 9.17) is 0 Å². The van der Waals surface area contributed by atoms with Crippen LogP contribution in [0.5, 0.6) is 0 Å². The van der Waals surface area contributed by atoms with Gasteiger partial charge in [0.15, 0.2) is 5.78 Å². The monoisotopic (exact) mass is 294 g/mol. The molecule has 0 atom stereocenters. The molecule has 0 aromatic carbocycles. The zero-order chi connectivity index (χ0) is 13.1. The van der Waals surface area contributed by atoms with Crippen LogP contribution in [0, 0.1) is 17.3 Å². The van der Waals surface area contributed by atoms with Gasteiger partial charge in [0.1, 0.15) is 0 Å². The zero-order valence-corrected chi connectivity index (χ0v) is 12.6. The second-order valence-corrected chi connectivity index (χ2v) is 5.75. The average Bonchev–Trinajstić information content (AvgIpc) is 2.24. The highest BCUT2D eigenvalue weighted by Gasteiger charge is 2.31. The van der Waals surface area contributed by atoms with E-state index in [0.29, 0.717) is 6.42 Å². The molecule has 0 amide bonds. The lowest BCUT2D eigenvalue weighted by atomic mass is 9.72. The molecule has 1 rings (SSSR count). The Morgan fingerprint density at radius 1 is 1.53 bits per heavy atom. The van der Waals surface area contributed by atoms with Gasteiger partial charge < -0.3 is 0 Å². The number of rotatable bonds is 1. The molecule has 0 aromatic heterocycles. The van der Waals surface area contributed by atoms with E-state index in [9.17, 15) is 4.79 Å². The number of allylic oxidation sites excluding steroid dienone is 4. The van der Waals surface area contributed by atoms with E-state index >= 15 is 0 Å². The van der Waals surface area contributed by atoms with E-state index in [0.717, 1.165) is 28.5 Å². The van der Waals surface area contributed by atoms with Crippen molar-refractivity contribution in [1.29, 1.82) is 0 Å². The van der Waals surface area contributed by atoms with Crippen molar-refractivity contribution in [3.05, 3.63) is 22.8 Å². The molecule has 0 bridgehead atoms. The Morgan fingerprint density at radius 3 is 2.76 bits per heavy atom. The molecule has 1 aliphatic rings. The summed E-state index contributed by atoms with van der Waals surface area (Å²) in [6.45, 7) is 8.21. The molecular weight excluding hydrogens is 276 g/mol. The van der Waals surface area contributed by atoms with Gasteiger partial charge in [-0.2, -0.15) is 0 Å². The maximum absolute atomic E-state index is 11.7. The number of Topliss-reactive ketones (excluding diaryl/α,β-unsaturated/α-hetero) is 1. The summed E-state index contributed by atoms with van der Waals surface area (Å²) in [5.74, 6) is 6.57. The fourth-order valence-corrected chi connectivity index (χ4v) is 2.46. The van der Waals surface area contributed by atoms with Crippen molar-refractivity contribution in [3.63, 3.8) is 0 Å². The molecule has 0 saturated heterocycles. The SMILES string of the molecule is CC(C#CC1=C(C)C(=O)CCC1(C)C)=CCBr. The maximum Gasteiger partial charge on any atom is 0.159 e. The summed E-state index contributed by atoms with van der Waals surface area (Å²) < 4.78 is 0. The topological polar surface area (TPSA) is 17.1 Å². The second kappa shape index (κ2) is 5.69. The number of alkyl halides is 1. The summed E-state index contributed by atoms with van der Waals surface area (Å²) in [6, 6.07) is 0. The van der Waals surface area contributed by atoms with E-state index in [-0.39, 0.29) is 11.2 Å². The van der Waals surface area contributed by atoms with Crippen LogP contribution in [0.1, 0.15) is 40.5 Å². The van der Waals surface area contributed by atoms with Crippen LogP contribution in [0.3, 0.4) is 0 Å². The minimum absolute atomic E-state index is 0.0275. The molecule has 92 valence electrons. The fraction of sp³-hybridized carbons (Fsp3) is 0.533. The van der Waals surface area contributed by atoms with Gasteiger partial charge in [-0.05, 0) is 31.3 Å². The second-order valence-electron chi connectivity index (χ2n) is 5.10. The number of halogens is 1. The fourth-order valence-electron chi connectivity index (χ4n) is 1.98. The average molecular weight is 295 g/mol. The molecule has 0 radical (unpaired) electrons. The van der Waals surface area contributed by atoms with Crippen LogP contribution in [0.4, 0.5) is 0 Å². The van der Waals surface area contributed by atoms with Crippen LogP contribution >= 0.6 is 15.9 Å². The third-order valence-electron chi connectivity index (χ3n) is 3.22. The minimum Gasteiger partial charge on any atom is -0.295 e. The van der Waals surface area contributed by atoms with Crippen molar-refractivity contribution in [2.45, 2.75) is 40.5 Å². The van der Waals surface area contributed by atoms with E-state index < -0.39 is 0 Å². The first-order chi connectivity index (χ1) is 7.88. The largest absolute Gasteiger partial charge is 0.295 e. The number of hydrogen-bond acceptors (Lipinski definition) is 1. The molecule has 0 unspecified atom stereocenters. The van der Waals surface area contributed by atoms with Gasteiger partial charge in [0.25, 0.3) is 0 Å². The Bertz CT molecular complexity index is 441. The first kappa shape index (κ1) is 14.3. The van der Waals surface area contributed by atoms with E-state index in [1.165, 1.54) is 0 Å². The molecular formula is C15H19BrO. The van der Waals surface area contributed by atoms with Crippen molar-refractivity contribution in [2.75, 3.05) is 5.33 Å². The lowest BCUT2D eigenvalue weighted by Gasteiger charge is -2.30. The molecule has 0 aromatic rings. The summed E-state index contributed by atoms with van der Waals surface area (Å²) >= 11 is 3.35. The first-order valence-corrected chi connectivity index (χ1v) is 7.00. The predicted molar refractivity (Wildman–Crippen MR) is 76.0 cm³/mol. The van der Waals surface area contributed by atoms with Crippen LogP contribution in [0.25, 0.3) is 0 Å². The van der Waals surface area contributed by atoms with Gasteiger partial charge in [0, 0.05) is 22.9 Å². The molecule has 0 heterocycles. The van der Waals surface area contributed by atoms with Gasteiger partial charge in [-0.1, -0.05) is 47.7 Å². The van der Waals surface area contributed by atoms with Gasteiger partial charge in [0.05, 0.1) is 0 Å². The maximum atomic E-state index is 11.7. The molecule has 0 N–H and O–H groups in total. The summed E-state index contributed by atoms with van der Waals surface area (Å²) in [7, 11) is 0. The normalized spacial score (nSPS) is 20.1. The predicted octanol–water partition coefficient (Wildman–Crippen LogP) is 4.04. The van der Waals surface area contributed by atoms with Crippen LogP contribution in [0.15, 0.2) is 22.8 Å². The van der Waals surface area contributed by atoms with Gasteiger partial charge in [-0.3, -0.25) is 4.79 Å². The summed E-state index contributed by atoms with van der Waals surface area (Å²) in [5, 5.41) is 0.813. The summed E-state index contributed by atoms with van der Waals surface area (Å²) in [5.41, 5.74) is 2.92. The molecule has 0 fully saturated rings. The smallest absolute Gasteiger partial charge is 0.159 e. The molecule has 1 aliphatic carbocycles. The van der Waals surface area contributed by atoms with Crippen molar-refractivity contribution >= 4 is 21.7 Å². The molecule has 1 nitrogen and oxygen atoms in total. The molecule has 0 aliphatic heterocycles. The third kappa shape index (κ3) is 3.57. The van der Waals surface area contributed by atoms with Crippen LogP contribution in [-0.4, -0.2) is 11.1 Å². The number of hydrogen-bond donors (Lipinski definition) is 0. The summed E-state index contributed by atoms with van der Waals surface area (Å²) in [4.78, 5) is 11.7. The van der Waals surface area contributed by atoms with E-state index in [2.05, 4.69) is 41.6 Å². The molecule has 2 heteroatoms. The molecule has 17 heavy (non-hydrogen) atoms. The van der Waals surface area contributed by atoms with Crippen molar-refractivity contribution < 1.29 is 4.79 Å². The number of carbonyl (C=O) groups excluding carboxylic acids is 1. The van der Waals surface area contributed by atoms with Crippen molar-refractivity contribution in [3.8, 4) is 11.8 Å². The molecule has 0 spiro atoms. The zero-order valence-electron chi connectivity index (χ0n) is 11.0. The Hall–Kier alpha value is -0.810. The van der Waals surface area contributed by atoms with Gasteiger partial charge in [0.2, 0.25) is 0 Å². The standard InChI is InChI=1S/C15H19BrO/c1-11(8-10-16)5-6-13-12(2)14(17)7-9-15(13,3)4/h8H,7,9-10H2,1-4H3. The quantitative estimate of drug-likeness (QED) is 0.527. The van der Waals surface area contributed by atoms with E-state index in [1.807, 2.05) is 19.9 Å². The highest BCUT2D eigenvalue weighted by atomic mass is 79.9. The Morgan fingerprint density at radius 2 is 2.18 bits per heavy atom. The lowest BCUT2D eigenvalue weighted by Crippen LogP contribution is -2.24. The summed E-state index contributed by atoms with van der Waals surface area (Å²) in [6.07, 6.45) is 3.58. The Kier molecular flexibility index (Phi) is 4.77. The minimum atomic E-state index is 0.0275. The number of carbonyl (C=O) groups is 1. The number of ketones is 1. The highest BCUT2D eigenvalue weighted by Crippen LogP contribution is 2.38. The molecule has 0 saturated carbocycles. The van der Waals surface area contributed by atoms with Gasteiger partial charge in [-0.15, -0.1) is 0 Å². The van der Waals surface area contributed by atoms with Crippen molar-refractivity contribution in [2.24, 2.45) is 5.41 Å². The van der Waals surface area contributed by atoms with E-state index in [1.54, 1.807) is 0 Å².